The highest BCUT2D eigenvalue weighted by atomic mass is 19.0. The van der Waals surface area contributed by atoms with Gasteiger partial charge in [0, 0.05) is 23.2 Å². The van der Waals surface area contributed by atoms with Gasteiger partial charge in [0.1, 0.15) is 0 Å². The number of hydrogen-bond acceptors (Lipinski definition) is 2. The maximum atomic E-state index is 4.18. The first kappa shape index (κ1) is 14.6. The zero-order valence-electron chi connectivity index (χ0n) is 11.4. The van der Waals surface area contributed by atoms with Crippen molar-refractivity contribution in [3.05, 3.63) is 85.2 Å². The van der Waals surface area contributed by atoms with E-state index in [1.54, 1.807) is 0 Å². The van der Waals surface area contributed by atoms with Gasteiger partial charge in [-0.15, -0.1) is 0 Å². The molecule has 0 fully saturated rings. The van der Waals surface area contributed by atoms with Gasteiger partial charge in [0.2, 0.25) is 0 Å². The average Bonchev–Trinajstić information content (AvgIpc) is 2.56. The van der Waals surface area contributed by atoms with E-state index in [9.17, 15) is 0 Å². The van der Waals surface area contributed by atoms with Crippen molar-refractivity contribution in [2.45, 2.75) is 0 Å². The first-order valence-electron chi connectivity index (χ1n) is 6.53. The van der Waals surface area contributed by atoms with Crippen LogP contribution < -0.4 is 0 Å². The van der Waals surface area contributed by atoms with Crippen LogP contribution in [0.2, 0.25) is 0 Å². The SMILES string of the molecule is F.c1ccc2ncccc2c1.c1ccc2ncccc2c1. The quantitative estimate of drug-likeness (QED) is 0.469. The van der Waals surface area contributed by atoms with Gasteiger partial charge in [-0.1, -0.05) is 48.5 Å². The highest BCUT2D eigenvalue weighted by Crippen LogP contribution is 2.08. The third-order valence-electron chi connectivity index (χ3n) is 3.02. The normalized spacial score (nSPS) is 9.52. The number of rotatable bonds is 0. The molecule has 2 nitrogen and oxygen atoms in total. The lowest BCUT2D eigenvalue weighted by Crippen LogP contribution is -1.73. The lowest BCUT2D eigenvalue weighted by atomic mass is 10.2. The number of fused-ring (bicyclic) bond motifs is 2. The Morgan fingerprint density at radius 3 is 1.29 bits per heavy atom. The molecule has 0 atom stereocenters. The summed E-state index contributed by atoms with van der Waals surface area (Å²) in [4.78, 5) is 8.36. The molecule has 0 spiro atoms. The fourth-order valence-corrected chi connectivity index (χ4v) is 2.03. The predicted molar refractivity (Wildman–Crippen MR) is 86.0 cm³/mol. The Kier molecular flexibility index (Phi) is 4.94. The van der Waals surface area contributed by atoms with Crippen LogP contribution in [0.5, 0.6) is 0 Å². The highest BCUT2D eigenvalue weighted by molar-refractivity contribution is 5.78. The van der Waals surface area contributed by atoms with Crippen molar-refractivity contribution in [1.29, 1.82) is 0 Å². The van der Waals surface area contributed by atoms with Crippen LogP contribution in [0.1, 0.15) is 0 Å². The van der Waals surface area contributed by atoms with Crippen LogP contribution in [-0.4, -0.2) is 9.97 Å². The average molecular weight is 278 g/mol. The zero-order chi connectivity index (χ0) is 13.6. The Labute approximate surface area is 122 Å². The Morgan fingerprint density at radius 2 is 0.857 bits per heavy atom. The molecule has 104 valence electrons. The van der Waals surface area contributed by atoms with Crippen LogP contribution >= 0.6 is 0 Å². The van der Waals surface area contributed by atoms with E-state index >= 15 is 0 Å². The predicted octanol–water partition coefficient (Wildman–Crippen LogP) is 4.62. The van der Waals surface area contributed by atoms with E-state index in [0.717, 1.165) is 11.0 Å². The van der Waals surface area contributed by atoms with Crippen LogP contribution in [0.25, 0.3) is 21.8 Å². The van der Waals surface area contributed by atoms with Gasteiger partial charge in [0.25, 0.3) is 0 Å². The molecule has 0 saturated carbocycles. The third kappa shape index (κ3) is 3.60. The zero-order valence-corrected chi connectivity index (χ0v) is 11.4. The van der Waals surface area contributed by atoms with E-state index in [4.69, 9.17) is 0 Å². The molecule has 2 aromatic heterocycles. The Hall–Kier alpha value is -2.81. The van der Waals surface area contributed by atoms with Gasteiger partial charge < -0.3 is 0 Å². The van der Waals surface area contributed by atoms with E-state index in [-0.39, 0.29) is 4.70 Å². The second kappa shape index (κ2) is 7.10. The molecule has 3 heteroatoms. The molecule has 2 heterocycles. The third-order valence-corrected chi connectivity index (χ3v) is 3.02. The van der Waals surface area contributed by atoms with Crippen molar-refractivity contribution >= 4 is 21.8 Å². The largest absolute Gasteiger partial charge is 0.269 e. The summed E-state index contributed by atoms with van der Waals surface area (Å²) in [6.07, 6.45) is 3.62. The molecule has 0 radical (unpaired) electrons. The summed E-state index contributed by atoms with van der Waals surface area (Å²) in [7, 11) is 0. The van der Waals surface area contributed by atoms with Crippen LogP contribution in [0, 0.1) is 0 Å². The van der Waals surface area contributed by atoms with Gasteiger partial charge in [0.05, 0.1) is 11.0 Å². The molecule has 0 aliphatic carbocycles. The maximum absolute atomic E-state index is 4.18. The summed E-state index contributed by atoms with van der Waals surface area (Å²) in [6, 6.07) is 24.2. The van der Waals surface area contributed by atoms with Crippen LogP contribution in [0.4, 0.5) is 4.70 Å². The summed E-state index contributed by atoms with van der Waals surface area (Å²) >= 11 is 0. The summed E-state index contributed by atoms with van der Waals surface area (Å²) in [6.45, 7) is 0. The molecule has 0 aliphatic rings. The molecule has 0 bridgehead atoms. The first-order valence-corrected chi connectivity index (χ1v) is 6.53. The number of halogens is 1. The van der Waals surface area contributed by atoms with Crippen molar-refractivity contribution in [1.82, 2.24) is 9.97 Å². The number of nitrogens with zero attached hydrogens (tertiary/aromatic N) is 2. The van der Waals surface area contributed by atoms with Crippen LogP contribution in [0.15, 0.2) is 85.2 Å². The molecular formula is C18H15FN2. The Bertz CT molecular complexity index is 628. The van der Waals surface area contributed by atoms with E-state index in [1.165, 1.54) is 10.8 Å². The number of hydrogen-bond donors (Lipinski definition) is 0. The highest BCUT2D eigenvalue weighted by Gasteiger charge is 1.87. The second-order valence-electron chi connectivity index (χ2n) is 4.39. The van der Waals surface area contributed by atoms with Crippen molar-refractivity contribution in [2.24, 2.45) is 0 Å². The monoisotopic (exact) mass is 278 g/mol. The fourth-order valence-electron chi connectivity index (χ4n) is 2.03. The lowest BCUT2D eigenvalue weighted by molar-refractivity contribution is 1.11. The Morgan fingerprint density at radius 1 is 0.476 bits per heavy atom. The fraction of sp³-hybridized carbons (Fsp3) is 0. The smallest absolute Gasteiger partial charge is 0.0701 e. The number of benzene rings is 2. The summed E-state index contributed by atoms with van der Waals surface area (Å²) in [5, 5.41) is 2.40. The van der Waals surface area contributed by atoms with Crippen LogP contribution in [-0.2, 0) is 0 Å². The molecular weight excluding hydrogens is 263 g/mol. The summed E-state index contributed by atoms with van der Waals surface area (Å²) in [5.41, 5.74) is 2.12. The number of pyridine rings is 2. The maximum Gasteiger partial charge on any atom is 0.0701 e. The topological polar surface area (TPSA) is 25.8 Å². The Balaban J connectivity index is 0.000000147. The molecule has 0 amide bonds. The van der Waals surface area contributed by atoms with Crippen molar-refractivity contribution in [2.75, 3.05) is 0 Å². The van der Waals surface area contributed by atoms with E-state index in [2.05, 4.69) is 34.2 Å². The van der Waals surface area contributed by atoms with Crippen molar-refractivity contribution in [3.63, 3.8) is 0 Å². The molecule has 21 heavy (non-hydrogen) atoms. The molecule has 2 aromatic carbocycles. The standard InChI is InChI=1S/2C9H7N.FH/c2*1-2-6-9-8(4-1)5-3-7-10-9;/h2*1-7H;1H. The lowest BCUT2D eigenvalue weighted by Gasteiger charge is -1.91. The molecule has 0 saturated heterocycles. The summed E-state index contributed by atoms with van der Waals surface area (Å²) in [5.74, 6) is 0. The molecule has 4 aromatic rings. The van der Waals surface area contributed by atoms with Gasteiger partial charge in [-0.25, -0.2) is 0 Å². The first-order chi connectivity index (χ1) is 9.93. The van der Waals surface area contributed by atoms with E-state index < -0.39 is 0 Å². The molecule has 0 N–H and O–H groups in total. The molecule has 0 unspecified atom stereocenters. The van der Waals surface area contributed by atoms with Gasteiger partial charge in [0.15, 0.2) is 0 Å². The molecule has 0 aliphatic heterocycles. The second-order valence-corrected chi connectivity index (χ2v) is 4.39. The van der Waals surface area contributed by atoms with Gasteiger partial charge >= 0.3 is 0 Å². The minimum atomic E-state index is 0. The van der Waals surface area contributed by atoms with E-state index in [0.29, 0.717) is 0 Å². The van der Waals surface area contributed by atoms with Crippen molar-refractivity contribution < 1.29 is 4.70 Å². The van der Waals surface area contributed by atoms with E-state index in [1.807, 2.05) is 60.9 Å². The minimum absolute atomic E-state index is 0. The van der Waals surface area contributed by atoms with Gasteiger partial charge in [-0.2, -0.15) is 0 Å². The minimum Gasteiger partial charge on any atom is -0.269 e. The number of para-hydroxylation sites is 2. The summed E-state index contributed by atoms with van der Waals surface area (Å²) < 4.78 is 0. The van der Waals surface area contributed by atoms with Crippen LogP contribution in [0.3, 0.4) is 0 Å². The van der Waals surface area contributed by atoms with Gasteiger partial charge in [-0.05, 0) is 24.3 Å². The molecule has 4 rings (SSSR count). The van der Waals surface area contributed by atoms with Crippen molar-refractivity contribution in [3.8, 4) is 0 Å². The number of aromatic nitrogens is 2. The van der Waals surface area contributed by atoms with Gasteiger partial charge in [-0.3, -0.25) is 14.7 Å².